The van der Waals surface area contributed by atoms with E-state index in [4.69, 9.17) is 4.98 Å². The number of carbonyl (C=O) groups is 2. The first-order chi connectivity index (χ1) is 14.1. The lowest BCUT2D eigenvalue weighted by Gasteiger charge is -2.32. The van der Waals surface area contributed by atoms with Gasteiger partial charge < -0.3 is 9.80 Å². The number of hydrogen-bond acceptors (Lipinski definition) is 4. The van der Waals surface area contributed by atoms with Crippen LogP contribution in [0, 0.1) is 0 Å². The van der Waals surface area contributed by atoms with E-state index in [1.165, 1.54) is 5.56 Å². The Hall–Kier alpha value is -2.76. The first kappa shape index (κ1) is 19.6. The summed E-state index contributed by atoms with van der Waals surface area (Å²) in [6.45, 7) is 4.52. The van der Waals surface area contributed by atoms with Crippen LogP contribution in [0.3, 0.4) is 0 Å². The number of likely N-dealkylation sites (tertiary alicyclic amines) is 1. The number of benzene rings is 1. The number of piperidine rings is 1. The third kappa shape index (κ3) is 4.63. The average Bonchev–Trinajstić information content (AvgIpc) is 2.77. The van der Waals surface area contributed by atoms with Crippen LogP contribution in [0.15, 0.2) is 36.5 Å². The number of carbonyl (C=O) groups excluding carboxylic acids is 2. The van der Waals surface area contributed by atoms with Crippen LogP contribution in [0.2, 0.25) is 0 Å². The fraction of sp³-hybridized carbons (Fsp3) is 0.478. The minimum atomic E-state index is 0.145. The summed E-state index contributed by atoms with van der Waals surface area (Å²) in [5.74, 6) is 1.56. The zero-order valence-corrected chi connectivity index (χ0v) is 17.0. The number of aromatic nitrogens is 2. The molecular weight excluding hydrogens is 364 g/mol. The minimum Gasteiger partial charge on any atom is -0.343 e. The second kappa shape index (κ2) is 8.72. The lowest BCUT2D eigenvalue weighted by molar-refractivity contribution is -0.132. The molecule has 0 atom stereocenters. The molecule has 0 radical (unpaired) electrons. The zero-order valence-electron chi connectivity index (χ0n) is 17.0. The Morgan fingerprint density at radius 2 is 1.83 bits per heavy atom. The molecule has 0 unspecified atom stereocenters. The second-order valence-electron chi connectivity index (χ2n) is 8.03. The van der Waals surface area contributed by atoms with Gasteiger partial charge in [0.25, 0.3) is 0 Å². The van der Waals surface area contributed by atoms with Crippen LogP contribution in [0.1, 0.15) is 54.7 Å². The molecule has 1 saturated heterocycles. The molecule has 2 aliphatic rings. The van der Waals surface area contributed by atoms with Gasteiger partial charge in [-0.15, -0.1) is 0 Å². The molecule has 3 heterocycles. The number of hydrogen-bond donors (Lipinski definition) is 0. The Bertz CT molecular complexity index is 876. The number of aryl methyl sites for hydroxylation is 1. The highest BCUT2D eigenvalue weighted by molar-refractivity contribution is 5.76. The predicted molar refractivity (Wildman–Crippen MR) is 110 cm³/mol. The van der Waals surface area contributed by atoms with E-state index >= 15 is 0 Å². The monoisotopic (exact) mass is 392 g/mol. The maximum Gasteiger partial charge on any atom is 0.223 e. The van der Waals surface area contributed by atoms with Crippen molar-refractivity contribution in [2.45, 2.75) is 51.5 Å². The SMILES string of the molecule is CC(=O)N1CCC(c2ncc3c(n2)CCN(C(=O)CCc2ccccc2)C3)CC1. The van der Waals surface area contributed by atoms with Crippen molar-refractivity contribution in [3.63, 3.8) is 0 Å². The fourth-order valence-electron chi connectivity index (χ4n) is 4.25. The van der Waals surface area contributed by atoms with Gasteiger partial charge in [-0.05, 0) is 24.8 Å². The molecule has 29 heavy (non-hydrogen) atoms. The molecular formula is C23H28N4O2. The smallest absolute Gasteiger partial charge is 0.223 e. The lowest BCUT2D eigenvalue weighted by atomic mass is 9.95. The fourth-order valence-corrected chi connectivity index (χ4v) is 4.25. The molecule has 2 aromatic rings. The second-order valence-corrected chi connectivity index (χ2v) is 8.03. The number of rotatable bonds is 4. The molecule has 1 aromatic heterocycles. The summed E-state index contributed by atoms with van der Waals surface area (Å²) in [4.78, 5) is 37.4. The Kier molecular flexibility index (Phi) is 5.88. The van der Waals surface area contributed by atoms with Gasteiger partial charge in [0.1, 0.15) is 5.82 Å². The number of nitrogens with zero attached hydrogens (tertiary/aromatic N) is 4. The average molecular weight is 393 g/mol. The predicted octanol–water partition coefficient (Wildman–Crippen LogP) is 2.72. The number of amides is 2. The molecule has 0 saturated carbocycles. The van der Waals surface area contributed by atoms with E-state index in [1.54, 1.807) is 6.92 Å². The van der Waals surface area contributed by atoms with E-state index in [1.807, 2.05) is 34.2 Å². The summed E-state index contributed by atoms with van der Waals surface area (Å²) in [5.41, 5.74) is 3.34. The summed E-state index contributed by atoms with van der Waals surface area (Å²) in [7, 11) is 0. The van der Waals surface area contributed by atoms with E-state index in [0.29, 0.717) is 18.9 Å². The maximum atomic E-state index is 12.6. The van der Waals surface area contributed by atoms with Gasteiger partial charge in [0.2, 0.25) is 11.8 Å². The molecule has 0 spiro atoms. The van der Waals surface area contributed by atoms with Gasteiger partial charge in [-0.1, -0.05) is 30.3 Å². The Morgan fingerprint density at radius 3 is 2.55 bits per heavy atom. The van der Waals surface area contributed by atoms with Crippen molar-refractivity contribution in [1.82, 2.24) is 19.8 Å². The van der Waals surface area contributed by atoms with Gasteiger partial charge in [-0.2, -0.15) is 0 Å². The highest BCUT2D eigenvalue weighted by atomic mass is 16.2. The quantitative estimate of drug-likeness (QED) is 0.802. The van der Waals surface area contributed by atoms with Gasteiger partial charge in [0.15, 0.2) is 0 Å². The number of fused-ring (bicyclic) bond motifs is 1. The Morgan fingerprint density at radius 1 is 1.07 bits per heavy atom. The molecule has 0 bridgehead atoms. The van der Waals surface area contributed by atoms with Crippen molar-refractivity contribution in [1.29, 1.82) is 0 Å². The van der Waals surface area contributed by atoms with Gasteiger partial charge in [0.05, 0.1) is 5.69 Å². The standard InChI is InChI=1S/C23H28N4O2/c1-17(28)26-12-9-19(10-13-26)23-24-15-20-16-27(14-11-21(20)25-23)22(29)8-7-18-5-3-2-4-6-18/h2-6,15,19H,7-14,16H2,1H3. The first-order valence-electron chi connectivity index (χ1n) is 10.5. The summed E-state index contributed by atoms with van der Waals surface area (Å²) in [6.07, 6.45) is 5.84. The van der Waals surface area contributed by atoms with Crippen molar-refractivity contribution >= 4 is 11.8 Å². The Balaban J connectivity index is 1.34. The minimum absolute atomic E-state index is 0.145. The van der Waals surface area contributed by atoms with Gasteiger partial charge >= 0.3 is 0 Å². The third-order valence-corrected chi connectivity index (χ3v) is 6.08. The van der Waals surface area contributed by atoms with Crippen LogP contribution in [0.25, 0.3) is 0 Å². The van der Waals surface area contributed by atoms with Crippen LogP contribution < -0.4 is 0 Å². The normalized spacial score (nSPS) is 17.1. The van der Waals surface area contributed by atoms with Crippen molar-refractivity contribution < 1.29 is 9.59 Å². The molecule has 2 amide bonds. The summed E-state index contributed by atoms with van der Waals surface area (Å²) in [6, 6.07) is 10.1. The molecule has 0 N–H and O–H groups in total. The summed E-state index contributed by atoms with van der Waals surface area (Å²) < 4.78 is 0. The van der Waals surface area contributed by atoms with Crippen LogP contribution >= 0.6 is 0 Å². The van der Waals surface area contributed by atoms with Crippen molar-refractivity contribution in [2.24, 2.45) is 0 Å². The van der Waals surface area contributed by atoms with Crippen molar-refractivity contribution in [3.05, 3.63) is 59.2 Å². The van der Waals surface area contributed by atoms with Gasteiger partial charge in [-0.3, -0.25) is 9.59 Å². The zero-order chi connectivity index (χ0) is 20.2. The molecule has 2 aliphatic heterocycles. The van der Waals surface area contributed by atoms with Crippen molar-refractivity contribution in [2.75, 3.05) is 19.6 Å². The first-order valence-corrected chi connectivity index (χ1v) is 10.5. The van der Waals surface area contributed by atoms with E-state index in [-0.39, 0.29) is 11.8 Å². The molecule has 1 aromatic carbocycles. The van der Waals surface area contributed by atoms with Crippen LogP contribution in [0.5, 0.6) is 0 Å². The van der Waals surface area contributed by atoms with E-state index in [2.05, 4.69) is 17.1 Å². The highest BCUT2D eigenvalue weighted by Gasteiger charge is 2.26. The van der Waals surface area contributed by atoms with Gasteiger partial charge in [0, 0.05) is 63.6 Å². The molecule has 6 nitrogen and oxygen atoms in total. The molecule has 4 rings (SSSR count). The third-order valence-electron chi connectivity index (χ3n) is 6.08. The van der Waals surface area contributed by atoms with E-state index in [0.717, 1.165) is 62.4 Å². The maximum absolute atomic E-state index is 12.6. The van der Waals surface area contributed by atoms with Crippen molar-refractivity contribution in [3.8, 4) is 0 Å². The molecule has 0 aliphatic carbocycles. The van der Waals surface area contributed by atoms with Crippen LogP contribution in [-0.4, -0.2) is 51.2 Å². The van der Waals surface area contributed by atoms with E-state index in [9.17, 15) is 9.59 Å². The largest absolute Gasteiger partial charge is 0.343 e. The Labute approximate surface area is 172 Å². The summed E-state index contributed by atoms with van der Waals surface area (Å²) >= 11 is 0. The summed E-state index contributed by atoms with van der Waals surface area (Å²) in [5, 5.41) is 0. The molecule has 6 heteroatoms. The molecule has 152 valence electrons. The lowest BCUT2D eigenvalue weighted by Crippen LogP contribution is -2.38. The van der Waals surface area contributed by atoms with Crippen LogP contribution in [-0.2, 0) is 29.0 Å². The van der Waals surface area contributed by atoms with Gasteiger partial charge in [-0.25, -0.2) is 9.97 Å². The van der Waals surface area contributed by atoms with E-state index < -0.39 is 0 Å². The van der Waals surface area contributed by atoms with Crippen LogP contribution in [0.4, 0.5) is 0 Å². The highest BCUT2D eigenvalue weighted by Crippen LogP contribution is 2.27. The molecule has 1 fully saturated rings. The topological polar surface area (TPSA) is 66.4 Å².